The van der Waals surface area contributed by atoms with Crippen molar-refractivity contribution < 1.29 is 29.4 Å². The van der Waals surface area contributed by atoms with Gasteiger partial charge >= 0.3 is 11.9 Å². The second kappa shape index (κ2) is 11.1. The molecule has 0 aliphatic carbocycles. The van der Waals surface area contributed by atoms with Crippen LogP contribution in [0.1, 0.15) is 0 Å². The number of carbonyl (C=O) groups excluding carboxylic acids is 2. The number of amides is 2. The second-order valence-electron chi connectivity index (χ2n) is 3.89. The van der Waals surface area contributed by atoms with Crippen molar-refractivity contribution in [2.45, 2.75) is 12.1 Å². The van der Waals surface area contributed by atoms with E-state index in [2.05, 4.69) is 10.6 Å². The van der Waals surface area contributed by atoms with E-state index in [9.17, 15) is 19.2 Å². The minimum Gasteiger partial charge on any atom is -0.480 e. The molecule has 0 aliphatic rings. The molecule has 0 fully saturated rings. The maximum Gasteiger partial charge on any atom is 0.327 e. The highest BCUT2D eigenvalue weighted by Gasteiger charge is 2.22. The van der Waals surface area contributed by atoms with Gasteiger partial charge in [-0.1, -0.05) is 21.6 Å². The molecular formula is C10H18N4O6S2. The van der Waals surface area contributed by atoms with E-state index in [0.717, 1.165) is 21.6 Å². The fourth-order valence-electron chi connectivity index (χ4n) is 1.09. The van der Waals surface area contributed by atoms with E-state index in [0.29, 0.717) is 0 Å². The first-order chi connectivity index (χ1) is 10.3. The van der Waals surface area contributed by atoms with Gasteiger partial charge in [-0.2, -0.15) is 0 Å². The summed E-state index contributed by atoms with van der Waals surface area (Å²) < 4.78 is 0. The lowest BCUT2D eigenvalue weighted by molar-refractivity contribution is -0.141. The number of nitrogens with two attached hydrogens (primary N) is 2. The topological polar surface area (TPSA) is 185 Å². The van der Waals surface area contributed by atoms with E-state index < -0.39 is 35.8 Å². The summed E-state index contributed by atoms with van der Waals surface area (Å²) >= 11 is 0. The van der Waals surface area contributed by atoms with E-state index in [4.69, 9.17) is 21.7 Å². The Labute approximate surface area is 134 Å². The number of carboxylic acids is 2. The van der Waals surface area contributed by atoms with Crippen LogP contribution in [0.2, 0.25) is 0 Å². The third kappa shape index (κ3) is 8.71. The third-order valence-corrected chi connectivity index (χ3v) is 4.61. The smallest absolute Gasteiger partial charge is 0.327 e. The van der Waals surface area contributed by atoms with E-state index in [1.54, 1.807) is 0 Å². The quantitative estimate of drug-likeness (QED) is 0.170. The average molecular weight is 354 g/mol. The molecule has 0 bridgehead atoms. The summed E-state index contributed by atoms with van der Waals surface area (Å²) in [6, 6.07) is -2.26. The van der Waals surface area contributed by atoms with Gasteiger partial charge in [0.25, 0.3) is 0 Å². The first-order valence-corrected chi connectivity index (χ1v) is 8.49. The zero-order chi connectivity index (χ0) is 17.1. The van der Waals surface area contributed by atoms with Crippen molar-refractivity contribution in [2.24, 2.45) is 11.5 Å². The summed E-state index contributed by atoms with van der Waals surface area (Å²) in [5, 5.41) is 22.3. The predicted molar refractivity (Wildman–Crippen MR) is 82.2 cm³/mol. The zero-order valence-electron chi connectivity index (χ0n) is 11.5. The van der Waals surface area contributed by atoms with Crippen molar-refractivity contribution in [1.82, 2.24) is 10.6 Å². The molecule has 10 nitrogen and oxygen atoms in total. The van der Waals surface area contributed by atoms with Gasteiger partial charge in [-0.3, -0.25) is 9.59 Å². The minimum absolute atomic E-state index is 0.0168. The number of aliphatic carboxylic acids is 2. The lowest BCUT2D eigenvalue weighted by Crippen LogP contribution is -2.45. The molecule has 126 valence electrons. The Morgan fingerprint density at radius 3 is 1.36 bits per heavy atom. The molecule has 0 heterocycles. The monoisotopic (exact) mass is 354 g/mol. The summed E-state index contributed by atoms with van der Waals surface area (Å²) in [7, 11) is 2.11. The Morgan fingerprint density at radius 2 is 1.14 bits per heavy atom. The van der Waals surface area contributed by atoms with Crippen LogP contribution in [-0.4, -0.2) is 70.6 Å². The highest BCUT2D eigenvalue weighted by Crippen LogP contribution is 2.23. The largest absolute Gasteiger partial charge is 0.480 e. The number of hydrogen-bond donors (Lipinski definition) is 6. The fourth-order valence-corrected chi connectivity index (χ4v) is 3.40. The van der Waals surface area contributed by atoms with E-state index in [-0.39, 0.29) is 24.6 Å². The molecule has 0 aromatic rings. The fraction of sp³-hybridized carbons (Fsp3) is 0.600. The molecule has 0 aromatic heterocycles. The highest BCUT2D eigenvalue weighted by atomic mass is 33.1. The Kier molecular flexibility index (Phi) is 10.4. The van der Waals surface area contributed by atoms with Gasteiger partial charge < -0.3 is 32.3 Å². The average Bonchev–Trinajstić information content (AvgIpc) is 2.47. The summed E-state index contributed by atoms with van der Waals surface area (Å²) in [4.78, 5) is 44.0. The molecule has 0 aromatic carbocycles. The summed E-state index contributed by atoms with van der Waals surface area (Å²) in [5.74, 6) is -3.61. The van der Waals surface area contributed by atoms with Crippen molar-refractivity contribution in [3.05, 3.63) is 0 Å². The molecule has 2 atom stereocenters. The number of hydrogen-bond acceptors (Lipinski definition) is 8. The molecule has 12 heteroatoms. The molecule has 0 saturated heterocycles. The van der Waals surface area contributed by atoms with Crippen molar-refractivity contribution in [3.8, 4) is 0 Å². The molecule has 0 radical (unpaired) electrons. The van der Waals surface area contributed by atoms with Crippen LogP contribution in [0.15, 0.2) is 0 Å². The van der Waals surface area contributed by atoms with Gasteiger partial charge in [0.15, 0.2) is 0 Å². The molecule has 22 heavy (non-hydrogen) atoms. The van der Waals surface area contributed by atoms with Crippen LogP contribution < -0.4 is 22.1 Å². The second-order valence-corrected chi connectivity index (χ2v) is 6.45. The molecule has 0 spiro atoms. The Bertz CT molecular complexity index is 384. The van der Waals surface area contributed by atoms with Gasteiger partial charge in [0.2, 0.25) is 11.8 Å². The van der Waals surface area contributed by atoms with Crippen LogP contribution in [0, 0.1) is 0 Å². The summed E-state index contributed by atoms with van der Waals surface area (Å²) in [6.07, 6.45) is 0. The first kappa shape index (κ1) is 20.5. The Morgan fingerprint density at radius 1 is 0.818 bits per heavy atom. The number of nitrogens with one attached hydrogen (secondary N) is 2. The van der Waals surface area contributed by atoms with Crippen molar-refractivity contribution >= 4 is 45.3 Å². The molecule has 8 N–H and O–H groups in total. The number of carbonyl (C=O) groups is 4. The lowest BCUT2D eigenvalue weighted by Gasteiger charge is -2.15. The van der Waals surface area contributed by atoms with Gasteiger partial charge in [0, 0.05) is 11.5 Å². The Hall–Kier alpha value is -1.50. The van der Waals surface area contributed by atoms with Gasteiger partial charge in [0.05, 0.1) is 13.1 Å². The predicted octanol–water partition coefficient (Wildman–Crippen LogP) is -2.58. The van der Waals surface area contributed by atoms with Gasteiger partial charge in [0.1, 0.15) is 12.1 Å². The van der Waals surface area contributed by atoms with Crippen LogP contribution in [-0.2, 0) is 19.2 Å². The van der Waals surface area contributed by atoms with Crippen LogP contribution >= 0.6 is 21.6 Å². The zero-order valence-corrected chi connectivity index (χ0v) is 13.1. The normalized spacial score (nSPS) is 13.0. The molecule has 2 unspecified atom stereocenters. The summed E-state index contributed by atoms with van der Waals surface area (Å²) in [5.41, 5.74) is 10.2. The van der Waals surface area contributed by atoms with Gasteiger partial charge in [-0.25, -0.2) is 9.59 Å². The highest BCUT2D eigenvalue weighted by molar-refractivity contribution is 8.76. The Balaban J connectivity index is 4.24. The molecule has 0 aliphatic heterocycles. The standard InChI is InChI=1S/C10H18N4O6S2/c11-1-7(15)13-5(9(17)18)3-21-22-4-6(10(19)20)14-8(16)2-12/h5-6H,1-4,11-12H2,(H,13,15)(H,14,16)(H,17,18)(H,19,20). The summed E-state index contributed by atoms with van der Waals surface area (Å²) in [6.45, 7) is -0.651. The van der Waals surface area contributed by atoms with Gasteiger partial charge in [-0.05, 0) is 0 Å². The van der Waals surface area contributed by atoms with Crippen LogP contribution in [0.5, 0.6) is 0 Å². The molecule has 0 saturated carbocycles. The SMILES string of the molecule is NCC(=O)NC(CSSCC(NC(=O)CN)C(=O)O)C(=O)O. The number of rotatable bonds is 11. The number of carboxylic acid groups (broad SMARTS) is 2. The van der Waals surface area contributed by atoms with E-state index in [1.807, 2.05) is 0 Å². The van der Waals surface area contributed by atoms with E-state index >= 15 is 0 Å². The van der Waals surface area contributed by atoms with E-state index in [1.165, 1.54) is 0 Å². The maximum atomic E-state index is 11.1. The minimum atomic E-state index is -1.22. The van der Waals surface area contributed by atoms with Crippen LogP contribution in [0.25, 0.3) is 0 Å². The van der Waals surface area contributed by atoms with Crippen molar-refractivity contribution in [3.63, 3.8) is 0 Å². The van der Waals surface area contributed by atoms with Crippen LogP contribution in [0.3, 0.4) is 0 Å². The van der Waals surface area contributed by atoms with Crippen LogP contribution in [0.4, 0.5) is 0 Å². The van der Waals surface area contributed by atoms with Gasteiger partial charge in [-0.15, -0.1) is 0 Å². The van der Waals surface area contributed by atoms with Crippen molar-refractivity contribution in [1.29, 1.82) is 0 Å². The first-order valence-electron chi connectivity index (χ1n) is 6.00. The van der Waals surface area contributed by atoms with Crippen molar-refractivity contribution in [2.75, 3.05) is 24.6 Å². The molecular weight excluding hydrogens is 336 g/mol. The third-order valence-electron chi connectivity index (χ3n) is 2.19. The molecule has 0 rings (SSSR count). The maximum absolute atomic E-state index is 11.1. The lowest BCUT2D eigenvalue weighted by atomic mass is 10.3. The molecule has 2 amide bonds.